The summed E-state index contributed by atoms with van der Waals surface area (Å²) in [5.41, 5.74) is 5.86. The fourth-order valence-corrected chi connectivity index (χ4v) is 3.71. The van der Waals surface area contributed by atoms with Crippen LogP contribution in [0.1, 0.15) is 64.2 Å². The van der Waals surface area contributed by atoms with Gasteiger partial charge in [0.15, 0.2) is 0 Å². The first-order chi connectivity index (χ1) is 10.7. The van der Waals surface area contributed by atoms with Crippen LogP contribution in [0.2, 0.25) is 0 Å². The van der Waals surface area contributed by atoms with E-state index in [1.165, 1.54) is 19.3 Å². The Morgan fingerprint density at radius 3 is 2.48 bits per heavy atom. The van der Waals surface area contributed by atoms with Crippen LogP contribution in [0.25, 0.3) is 0 Å². The lowest BCUT2D eigenvalue weighted by Gasteiger charge is -2.31. The molecule has 1 saturated carbocycles. The molecular weight excluding hydrogens is 314 g/mol. The predicted molar refractivity (Wildman–Crippen MR) is 94.5 cm³/mol. The number of amides is 2. The van der Waals surface area contributed by atoms with Crippen molar-refractivity contribution < 1.29 is 9.59 Å². The van der Waals surface area contributed by atoms with Crippen molar-refractivity contribution >= 4 is 24.2 Å². The molecule has 3 N–H and O–H groups in total. The van der Waals surface area contributed by atoms with Crippen LogP contribution in [0, 0.1) is 5.92 Å². The average Bonchev–Trinajstić information content (AvgIpc) is 2.53. The van der Waals surface area contributed by atoms with Crippen molar-refractivity contribution in [1.29, 1.82) is 0 Å². The maximum atomic E-state index is 12.3. The lowest BCUT2D eigenvalue weighted by atomic mass is 9.84. The Morgan fingerprint density at radius 2 is 1.78 bits per heavy atom. The van der Waals surface area contributed by atoms with E-state index < -0.39 is 0 Å². The number of nitrogens with one attached hydrogen (secondary N) is 1. The van der Waals surface area contributed by atoms with E-state index in [4.69, 9.17) is 5.73 Å². The van der Waals surface area contributed by atoms with E-state index in [2.05, 4.69) is 5.32 Å². The lowest BCUT2D eigenvalue weighted by molar-refractivity contribution is -0.137. The smallest absolute Gasteiger partial charge is 0.239 e. The summed E-state index contributed by atoms with van der Waals surface area (Å²) in [6.07, 6.45) is 10.9. The number of likely N-dealkylation sites (tertiary alicyclic amines) is 1. The summed E-state index contributed by atoms with van der Waals surface area (Å²) in [5.74, 6) is 0.581. The van der Waals surface area contributed by atoms with Gasteiger partial charge in [-0.05, 0) is 31.6 Å². The number of nitrogens with zero attached hydrogens (tertiary/aromatic N) is 1. The molecule has 6 heteroatoms. The molecule has 0 spiro atoms. The molecule has 2 rings (SSSR count). The molecule has 23 heavy (non-hydrogen) atoms. The minimum atomic E-state index is -0.0463. The maximum Gasteiger partial charge on any atom is 0.239 e. The highest BCUT2D eigenvalue weighted by Gasteiger charge is 2.25. The van der Waals surface area contributed by atoms with Gasteiger partial charge in [-0.3, -0.25) is 9.59 Å². The van der Waals surface area contributed by atoms with Gasteiger partial charge in [0, 0.05) is 25.6 Å². The zero-order valence-electron chi connectivity index (χ0n) is 14.1. The quantitative estimate of drug-likeness (QED) is 0.802. The van der Waals surface area contributed by atoms with Gasteiger partial charge in [0.1, 0.15) is 0 Å². The van der Waals surface area contributed by atoms with Crippen molar-refractivity contribution in [2.45, 2.75) is 70.3 Å². The molecule has 1 aliphatic carbocycles. The summed E-state index contributed by atoms with van der Waals surface area (Å²) in [6.45, 7) is 1.40. The largest absolute Gasteiger partial charge is 0.350 e. The number of hydrogen-bond acceptors (Lipinski definition) is 3. The van der Waals surface area contributed by atoms with E-state index in [1.807, 2.05) is 0 Å². The third-order valence-electron chi connectivity index (χ3n) is 5.08. The number of rotatable bonds is 5. The van der Waals surface area contributed by atoms with E-state index in [0.717, 1.165) is 38.5 Å². The second kappa shape index (κ2) is 10.9. The third-order valence-corrected chi connectivity index (χ3v) is 5.08. The first kappa shape index (κ1) is 20.2. The van der Waals surface area contributed by atoms with Gasteiger partial charge >= 0.3 is 0 Å². The van der Waals surface area contributed by atoms with Gasteiger partial charge in [0.25, 0.3) is 0 Å². The fraction of sp³-hybridized carbons (Fsp3) is 0.882. The van der Waals surface area contributed by atoms with Crippen LogP contribution in [-0.4, -0.2) is 42.4 Å². The molecular formula is C17H32ClN3O2. The minimum absolute atomic E-state index is 0. The summed E-state index contributed by atoms with van der Waals surface area (Å²) in [5, 5.41) is 3.08. The molecule has 0 bridgehead atoms. The molecule has 134 valence electrons. The summed E-state index contributed by atoms with van der Waals surface area (Å²) in [6, 6.07) is 0.0673. The molecule has 0 aromatic carbocycles. The van der Waals surface area contributed by atoms with Gasteiger partial charge < -0.3 is 16.0 Å². The van der Waals surface area contributed by atoms with E-state index in [-0.39, 0.29) is 36.8 Å². The van der Waals surface area contributed by atoms with Crippen LogP contribution in [0.3, 0.4) is 0 Å². The van der Waals surface area contributed by atoms with Crippen molar-refractivity contribution in [3.63, 3.8) is 0 Å². The van der Waals surface area contributed by atoms with Crippen LogP contribution in [0.4, 0.5) is 0 Å². The van der Waals surface area contributed by atoms with Crippen LogP contribution in [0.15, 0.2) is 0 Å². The Kier molecular flexibility index (Phi) is 9.56. The highest BCUT2D eigenvalue weighted by molar-refractivity contribution is 5.85. The Labute approximate surface area is 146 Å². The monoisotopic (exact) mass is 345 g/mol. The van der Waals surface area contributed by atoms with Crippen molar-refractivity contribution in [2.24, 2.45) is 11.7 Å². The van der Waals surface area contributed by atoms with Crippen LogP contribution in [0.5, 0.6) is 0 Å². The SMILES string of the molecule is Cl.NCC(NC(=O)CN1CCCCCCC1=O)C1CCCCC1. The Morgan fingerprint density at radius 1 is 1.13 bits per heavy atom. The van der Waals surface area contributed by atoms with Gasteiger partial charge in [-0.15, -0.1) is 12.4 Å². The van der Waals surface area contributed by atoms with E-state index >= 15 is 0 Å². The topological polar surface area (TPSA) is 75.4 Å². The highest BCUT2D eigenvalue weighted by atomic mass is 35.5. The first-order valence-electron chi connectivity index (χ1n) is 8.98. The fourth-order valence-electron chi connectivity index (χ4n) is 3.71. The molecule has 1 saturated heterocycles. The second-order valence-electron chi connectivity index (χ2n) is 6.79. The summed E-state index contributed by atoms with van der Waals surface area (Å²) in [4.78, 5) is 26.1. The molecule has 1 atom stereocenters. The average molecular weight is 346 g/mol. The molecule has 2 aliphatic rings. The van der Waals surface area contributed by atoms with E-state index in [9.17, 15) is 9.59 Å². The van der Waals surface area contributed by atoms with Gasteiger partial charge in [-0.2, -0.15) is 0 Å². The lowest BCUT2D eigenvalue weighted by Crippen LogP contribution is -2.50. The van der Waals surface area contributed by atoms with E-state index in [0.29, 0.717) is 25.4 Å². The molecule has 0 aromatic heterocycles. The zero-order valence-corrected chi connectivity index (χ0v) is 14.9. The second-order valence-corrected chi connectivity index (χ2v) is 6.79. The number of carbonyl (C=O) groups excluding carboxylic acids is 2. The molecule has 2 fully saturated rings. The highest BCUT2D eigenvalue weighted by Crippen LogP contribution is 2.26. The maximum absolute atomic E-state index is 12.3. The molecule has 1 heterocycles. The van der Waals surface area contributed by atoms with Crippen molar-refractivity contribution in [3.8, 4) is 0 Å². The zero-order chi connectivity index (χ0) is 15.8. The molecule has 0 radical (unpaired) electrons. The molecule has 1 aliphatic heterocycles. The molecule has 2 amide bonds. The summed E-state index contributed by atoms with van der Waals surface area (Å²) >= 11 is 0. The Balaban J connectivity index is 0.00000264. The number of nitrogens with two attached hydrogens (primary N) is 1. The van der Waals surface area contributed by atoms with Crippen LogP contribution < -0.4 is 11.1 Å². The van der Waals surface area contributed by atoms with Crippen molar-refractivity contribution in [2.75, 3.05) is 19.6 Å². The normalized spacial score (nSPS) is 21.8. The summed E-state index contributed by atoms with van der Waals surface area (Å²) < 4.78 is 0. The summed E-state index contributed by atoms with van der Waals surface area (Å²) in [7, 11) is 0. The molecule has 1 unspecified atom stereocenters. The molecule has 5 nitrogen and oxygen atoms in total. The number of halogens is 1. The number of carbonyl (C=O) groups is 2. The predicted octanol–water partition coefficient (Wildman–Crippen LogP) is 2.22. The van der Waals surface area contributed by atoms with Gasteiger partial charge in [0.05, 0.1) is 6.54 Å². The third kappa shape index (κ3) is 6.68. The Bertz CT molecular complexity index is 373. The van der Waals surface area contributed by atoms with Crippen molar-refractivity contribution in [1.82, 2.24) is 10.2 Å². The van der Waals surface area contributed by atoms with Crippen molar-refractivity contribution in [3.05, 3.63) is 0 Å². The van der Waals surface area contributed by atoms with Gasteiger partial charge in [-0.1, -0.05) is 32.1 Å². The Hall–Kier alpha value is -0.810. The minimum Gasteiger partial charge on any atom is -0.350 e. The van der Waals surface area contributed by atoms with Gasteiger partial charge in [-0.25, -0.2) is 0 Å². The van der Waals surface area contributed by atoms with Crippen LogP contribution >= 0.6 is 12.4 Å². The standard InChI is InChI=1S/C17H31N3O2.ClH/c18-12-15(14-8-4-3-5-9-14)19-16(21)13-20-11-7-2-1-6-10-17(20)22;/h14-15H,1-13,18H2,(H,19,21);1H. The van der Waals surface area contributed by atoms with E-state index in [1.54, 1.807) is 4.90 Å². The first-order valence-corrected chi connectivity index (χ1v) is 8.98. The number of hydrogen-bond donors (Lipinski definition) is 2. The van der Waals surface area contributed by atoms with Crippen LogP contribution in [-0.2, 0) is 9.59 Å². The molecule has 0 aromatic rings. The van der Waals surface area contributed by atoms with Gasteiger partial charge in [0.2, 0.25) is 11.8 Å².